The maximum absolute atomic E-state index is 13.7. The minimum absolute atomic E-state index is 0.0601. The van der Waals surface area contributed by atoms with Crippen LogP contribution in [0.2, 0.25) is 0 Å². The highest BCUT2D eigenvalue weighted by molar-refractivity contribution is 5.96. The average Bonchev–Trinajstić information content (AvgIpc) is 2.44. The largest absolute Gasteiger partial charge is 0.395 e. The van der Waals surface area contributed by atoms with Gasteiger partial charge in [-0.05, 0) is 18.2 Å². The second-order valence-electron chi connectivity index (χ2n) is 3.83. The highest BCUT2D eigenvalue weighted by atomic mass is 19.1. The first kappa shape index (κ1) is 15.7. The Morgan fingerprint density at radius 3 is 2.75 bits per heavy atom. The van der Waals surface area contributed by atoms with Crippen LogP contribution in [0.1, 0.15) is 22.3 Å². The van der Waals surface area contributed by atoms with E-state index in [1.54, 1.807) is 0 Å². The van der Waals surface area contributed by atoms with Crippen LogP contribution in [0.5, 0.6) is 0 Å². The number of aliphatic hydroxyl groups is 1. The van der Waals surface area contributed by atoms with Crippen molar-refractivity contribution in [2.45, 2.75) is 6.42 Å². The Kier molecular flexibility index (Phi) is 6.20. The van der Waals surface area contributed by atoms with Crippen LogP contribution < -0.4 is 10.6 Å². The van der Waals surface area contributed by atoms with Crippen LogP contribution in [0, 0.1) is 17.7 Å². The van der Waals surface area contributed by atoms with Crippen molar-refractivity contribution in [2.75, 3.05) is 20.2 Å². The summed E-state index contributed by atoms with van der Waals surface area (Å²) in [5, 5.41) is 13.2. The monoisotopic (exact) mass is 278 g/mol. The molecule has 0 aliphatic heterocycles. The van der Waals surface area contributed by atoms with Gasteiger partial charge in [0.25, 0.3) is 5.91 Å². The first-order valence-electron chi connectivity index (χ1n) is 5.96. The van der Waals surface area contributed by atoms with E-state index in [4.69, 9.17) is 5.11 Å². The van der Waals surface area contributed by atoms with Crippen LogP contribution in [-0.2, 0) is 4.79 Å². The van der Waals surface area contributed by atoms with E-state index in [-0.39, 0.29) is 24.6 Å². The van der Waals surface area contributed by atoms with Crippen molar-refractivity contribution in [3.8, 4) is 11.8 Å². The molecule has 1 aromatic rings. The molecule has 0 aliphatic rings. The third kappa shape index (κ3) is 4.71. The average molecular weight is 278 g/mol. The van der Waals surface area contributed by atoms with Crippen molar-refractivity contribution in [3.63, 3.8) is 0 Å². The number of carbonyl (C=O) groups is 2. The van der Waals surface area contributed by atoms with Gasteiger partial charge in [-0.25, -0.2) is 4.39 Å². The molecular formula is C14H15FN2O3. The predicted octanol–water partition coefficient (Wildman–Crippen LogP) is 0.0354. The molecule has 0 spiro atoms. The SMILES string of the molecule is CNC(=O)CNC(=O)c1ccc(C#CCCO)cc1F. The summed E-state index contributed by atoms with van der Waals surface area (Å²) in [6, 6.07) is 3.94. The van der Waals surface area contributed by atoms with Gasteiger partial charge in [0.15, 0.2) is 0 Å². The van der Waals surface area contributed by atoms with Crippen molar-refractivity contribution in [2.24, 2.45) is 0 Å². The zero-order valence-electron chi connectivity index (χ0n) is 11.0. The molecule has 20 heavy (non-hydrogen) atoms. The summed E-state index contributed by atoms with van der Waals surface area (Å²) in [7, 11) is 1.44. The Labute approximate surface area is 116 Å². The third-order valence-corrected chi connectivity index (χ3v) is 2.37. The maximum Gasteiger partial charge on any atom is 0.254 e. The topological polar surface area (TPSA) is 78.4 Å². The van der Waals surface area contributed by atoms with Gasteiger partial charge >= 0.3 is 0 Å². The molecule has 3 N–H and O–H groups in total. The lowest BCUT2D eigenvalue weighted by Gasteiger charge is -2.05. The molecule has 5 nitrogen and oxygen atoms in total. The smallest absolute Gasteiger partial charge is 0.254 e. The van der Waals surface area contributed by atoms with Crippen molar-refractivity contribution in [1.29, 1.82) is 0 Å². The Morgan fingerprint density at radius 2 is 2.15 bits per heavy atom. The van der Waals surface area contributed by atoms with E-state index in [1.807, 2.05) is 0 Å². The fourth-order valence-corrected chi connectivity index (χ4v) is 1.34. The van der Waals surface area contributed by atoms with Gasteiger partial charge in [-0.3, -0.25) is 9.59 Å². The Hall–Kier alpha value is -2.39. The second kappa shape index (κ2) is 7.92. The standard InChI is InChI=1S/C14H15FN2O3/c1-16-13(19)9-17-14(20)11-6-5-10(8-12(11)15)4-2-3-7-18/h5-6,8,18H,3,7,9H2,1H3,(H,16,19)(H,17,20). The van der Waals surface area contributed by atoms with E-state index in [0.717, 1.165) is 6.07 Å². The molecule has 0 radical (unpaired) electrons. The van der Waals surface area contributed by atoms with Crippen LogP contribution in [0.25, 0.3) is 0 Å². The van der Waals surface area contributed by atoms with E-state index < -0.39 is 11.7 Å². The molecule has 0 bridgehead atoms. The van der Waals surface area contributed by atoms with Crippen LogP contribution in [0.15, 0.2) is 18.2 Å². The number of nitrogens with one attached hydrogen (secondary N) is 2. The molecule has 1 aromatic carbocycles. The van der Waals surface area contributed by atoms with Gasteiger partial charge in [0.05, 0.1) is 18.7 Å². The number of benzene rings is 1. The van der Waals surface area contributed by atoms with E-state index in [9.17, 15) is 14.0 Å². The minimum Gasteiger partial charge on any atom is -0.395 e. The number of halogens is 1. The Balaban J connectivity index is 2.75. The fraction of sp³-hybridized carbons (Fsp3) is 0.286. The van der Waals surface area contributed by atoms with Gasteiger partial charge < -0.3 is 15.7 Å². The number of likely N-dealkylation sites (N-methyl/N-ethyl adjacent to an activating group) is 1. The zero-order chi connectivity index (χ0) is 15.0. The van der Waals surface area contributed by atoms with Crippen molar-refractivity contribution < 1.29 is 19.1 Å². The van der Waals surface area contributed by atoms with Crippen molar-refractivity contribution >= 4 is 11.8 Å². The third-order valence-electron chi connectivity index (χ3n) is 2.37. The number of hydrogen-bond acceptors (Lipinski definition) is 3. The highest BCUT2D eigenvalue weighted by Crippen LogP contribution is 2.09. The number of rotatable bonds is 4. The molecule has 0 atom stereocenters. The van der Waals surface area contributed by atoms with E-state index in [0.29, 0.717) is 12.0 Å². The van der Waals surface area contributed by atoms with Gasteiger partial charge in [0.2, 0.25) is 5.91 Å². The van der Waals surface area contributed by atoms with Crippen molar-refractivity contribution in [1.82, 2.24) is 10.6 Å². The highest BCUT2D eigenvalue weighted by Gasteiger charge is 2.12. The zero-order valence-corrected chi connectivity index (χ0v) is 11.0. The van der Waals surface area contributed by atoms with Crippen molar-refractivity contribution in [3.05, 3.63) is 35.1 Å². The lowest BCUT2D eigenvalue weighted by molar-refractivity contribution is -0.119. The fourth-order valence-electron chi connectivity index (χ4n) is 1.34. The van der Waals surface area contributed by atoms with Gasteiger partial charge in [-0.1, -0.05) is 11.8 Å². The number of aliphatic hydroxyl groups excluding tert-OH is 1. The molecule has 0 fully saturated rings. The predicted molar refractivity (Wildman–Crippen MR) is 71.4 cm³/mol. The lowest BCUT2D eigenvalue weighted by Crippen LogP contribution is -2.35. The molecule has 0 aliphatic carbocycles. The van der Waals surface area contributed by atoms with Crippen LogP contribution in [0.4, 0.5) is 4.39 Å². The Bertz CT molecular complexity index is 561. The number of amides is 2. The molecule has 0 saturated heterocycles. The quantitative estimate of drug-likeness (QED) is 0.680. The van der Waals surface area contributed by atoms with E-state index in [1.165, 1.54) is 19.2 Å². The molecule has 2 amide bonds. The van der Waals surface area contributed by atoms with Crippen LogP contribution in [0.3, 0.4) is 0 Å². The van der Waals surface area contributed by atoms with Gasteiger partial charge in [-0.15, -0.1) is 0 Å². The number of hydrogen-bond donors (Lipinski definition) is 3. The normalized spacial score (nSPS) is 9.35. The lowest BCUT2D eigenvalue weighted by atomic mass is 10.1. The summed E-state index contributed by atoms with van der Waals surface area (Å²) in [6.45, 7) is -0.276. The Morgan fingerprint density at radius 1 is 1.40 bits per heavy atom. The van der Waals surface area contributed by atoms with Gasteiger partial charge in [0.1, 0.15) is 5.82 Å². The van der Waals surface area contributed by atoms with E-state index in [2.05, 4.69) is 22.5 Å². The summed E-state index contributed by atoms with van der Waals surface area (Å²) in [5.41, 5.74) is 0.264. The minimum atomic E-state index is -0.713. The van der Waals surface area contributed by atoms with E-state index >= 15 is 0 Å². The summed E-state index contributed by atoms with van der Waals surface area (Å²) in [6.07, 6.45) is 0.302. The summed E-state index contributed by atoms with van der Waals surface area (Å²) in [5.74, 6) is 3.57. The molecule has 0 aromatic heterocycles. The first-order valence-corrected chi connectivity index (χ1v) is 5.96. The molecule has 0 saturated carbocycles. The van der Waals surface area contributed by atoms with Crippen LogP contribution >= 0.6 is 0 Å². The maximum atomic E-state index is 13.7. The molecule has 0 heterocycles. The summed E-state index contributed by atoms with van der Waals surface area (Å²) >= 11 is 0. The molecule has 0 unspecified atom stereocenters. The summed E-state index contributed by atoms with van der Waals surface area (Å²) in [4.78, 5) is 22.6. The van der Waals surface area contributed by atoms with Gasteiger partial charge in [-0.2, -0.15) is 0 Å². The second-order valence-corrected chi connectivity index (χ2v) is 3.83. The molecule has 6 heteroatoms. The van der Waals surface area contributed by atoms with Gasteiger partial charge in [0, 0.05) is 19.0 Å². The van der Waals surface area contributed by atoms with Crippen LogP contribution in [-0.4, -0.2) is 37.1 Å². The molecule has 106 valence electrons. The summed E-state index contributed by atoms with van der Waals surface area (Å²) < 4.78 is 13.7. The molecular weight excluding hydrogens is 263 g/mol. The number of carbonyl (C=O) groups excluding carboxylic acids is 2. The first-order chi connectivity index (χ1) is 9.58. The molecule has 1 rings (SSSR count).